The first-order chi connectivity index (χ1) is 12.1. The lowest BCUT2D eigenvalue weighted by molar-refractivity contribution is -0.136. The summed E-state index contributed by atoms with van der Waals surface area (Å²) in [4.78, 5) is 26.9. The van der Waals surface area contributed by atoms with Crippen LogP contribution < -0.4 is 5.32 Å². The zero-order chi connectivity index (χ0) is 17.9. The van der Waals surface area contributed by atoms with Gasteiger partial charge in [-0.25, -0.2) is 0 Å². The highest BCUT2D eigenvalue weighted by Gasteiger charge is 2.45. The Bertz CT molecular complexity index is 634. The molecule has 2 atom stereocenters. The molecule has 0 spiro atoms. The molecule has 2 fully saturated rings. The lowest BCUT2D eigenvalue weighted by Crippen LogP contribution is -2.58. The first-order valence-electron chi connectivity index (χ1n) is 8.91. The second kappa shape index (κ2) is 7.40. The van der Waals surface area contributed by atoms with Crippen molar-refractivity contribution in [1.82, 2.24) is 10.2 Å². The van der Waals surface area contributed by atoms with Crippen LogP contribution in [0, 0.1) is 0 Å². The standard InChI is InChI=1S/C20H26N2O3/c1-3-18(23)22-13-11-20(12-14-22,15-7-5-4-6-8-15)19(24)21-16-9-10-17(16)25-2/h3-8,16-17H,1,9-14H2,2H3,(H,21,24)/t16-,17-/m1/s1. The molecule has 1 aromatic carbocycles. The van der Waals surface area contributed by atoms with Gasteiger partial charge in [-0.1, -0.05) is 36.9 Å². The van der Waals surface area contributed by atoms with Crippen LogP contribution in [0.1, 0.15) is 31.2 Å². The number of nitrogens with zero attached hydrogens (tertiary/aromatic N) is 1. The molecule has 1 heterocycles. The second-order valence-corrected chi connectivity index (χ2v) is 6.91. The van der Waals surface area contributed by atoms with Gasteiger partial charge in [-0.15, -0.1) is 0 Å². The highest BCUT2D eigenvalue weighted by atomic mass is 16.5. The van der Waals surface area contributed by atoms with Crippen molar-refractivity contribution in [2.45, 2.75) is 43.2 Å². The summed E-state index contributed by atoms with van der Waals surface area (Å²) in [5.74, 6) is -0.0170. The van der Waals surface area contributed by atoms with Crippen molar-refractivity contribution in [1.29, 1.82) is 0 Å². The lowest BCUT2D eigenvalue weighted by atomic mass is 9.71. The molecule has 1 aliphatic heterocycles. The third-order valence-corrected chi connectivity index (χ3v) is 5.69. The summed E-state index contributed by atoms with van der Waals surface area (Å²) in [6.07, 6.45) is 4.63. The number of nitrogens with one attached hydrogen (secondary N) is 1. The molecule has 5 nitrogen and oxygen atoms in total. The Labute approximate surface area is 149 Å². The summed E-state index contributed by atoms with van der Waals surface area (Å²) in [7, 11) is 1.69. The molecule has 0 bridgehead atoms. The van der Waals surface area contributed by atoms with E-state index in [0.717, 1.165) is 18.4 Å². The molecule has 0 unspecified atom stereocenters. The monoisotopic (exact) mass is 342 g/mol. The van der Waals surface area contributed by atoms with Gasteiger partial charge in [0, 0.05) is 20.2 Å². The highest BCUT2D eigenvalue weighted by molar-refractivity contribution is 5.90. The van der Waals surface area contributed by atoms with Crippen LogP contribution in [-0.2, 0) is 19.7 Å². The third kappa shape index (κ3) is 3.33. The Hall–Kier alpha value is -2.14. The second-order valence-electron chi connectivity index (χ2n) is 6.91. The quantitative estimate of drug-likeness (QED) is 0.833. The molecule has 1 aromatic rings. The molecule has 3 rings (SSSR count). The third-order valence-electron chi connectivity index (χ3n) is 5.69. The van der Waals surface area contributed by atoms with Gasteiger partial charge in [0.25, 0.3) is 0 Å². The van der Waals surface area contributed by atoms with Crippen LogP contribution in [0.4, 0.5) is 0 Å². The largest absolute Gasteiger partial charge is 0.379 e. The fraction of sp³-hybridized carbons (Fsp3) is 0.500. The summed E-state index contributed by atoms with van der Waals surface area (Å²) >= 11 is 0. The molecule has 0 aromatic heterocycles. The van der Waals surface area contributed by atoms with Gasteiger partial charge >= 0.3 is 0 Å². The first kappa shape index (κ1) is 17.7. The summed E-state index contributed by atoms with van der Waals surface area (Å²) in [5.41, 5.74) is 0.430. The molecule has 2 amide bonds. The summed E-state index contributed by atoms with van der Waals surface area (Å²) in [6, 6.07) is 10.0. The molecule has 1 aliphatic carbocycles. The van der Waals surface area contributed by atoms with Crippen LogP contribution in [0.15, 0.2) is 43.0 Å². The van der Waals surface area contributed by atoms with E-state index < -0.39 is 5.41 Å². The maximum atomic E-state index is 13.2. The number of carbonyl (C=O) groups excluding carboxylic acids is 2. The Balaban J connectivity index is 1.80. The number of amides is 2. The molecule has 2 aliphatic rings. The minimum Gasteiger partial charge on any atom is -0.379 e. The highest BCUT2D eigenvalue weighted by Crippen LogP contribution is 2.37. The van der Waals surface area contributed by atoms with E-state index in [-0.39, 0.29) is 24.0 Å². The van der Waals surface area contributed by atoms with Crippen LogP contribution in [-0.4, -0.2) is 49.1 Å². The van der Waals surface area contributed by atoms with Crippen molar-refractivity contribution in [3.8, 4) is 0 Å². The Morgan fingerprint density at radius 1 is 1.24 bits per heavy atom. The van der Waals surface area contributed by atoms with Crippen molar-refractivity contribution in [3.05, 3.63) is 48.6 Å². The zero-order valence-electron chi connectivity index (χ0n) is 14.7. The van der Waals surface area contributed by atoms with E-state index >= 15 is 0 Å². The minimum atomic E-state index is -0.590. The molecular formula is C20H26N2O3. The number of likely N-dealkylation sites (tertiary alicyclic amines) is 1. The molecule has 1 N–H and O–H groups in total. The number of piperidine rings is 1. The van der Waals surface area contributed by atoms with Crippen molar-refractivity contribution < 1.29 is 14.3 Å². The van der Waals surface area contributed by atoms with Crippen molar-refractivity contribution in [2.75, 3.05) is 20.2 Å². The van der Waals surface area contributed by atoms with E-state index in [0.29, 0.717) is 25.9 Å². The molecule has 134 valence electrons. The fourth-order valence-corrected chi connectivity index (χ4v) is 3.87. The topological polar surface area (TPSA) is 58.6 Å². The summed E-state index contributed by atoms with van der Waals surface area (Å²) < 4.78 is 5.41. The van der Waals surface area contributed by atoms with Gasteiger partial charge in [-0.2, -0.15) is 0 Å². The number of hydrogen-bond donors (Lipinski definition) is 1. The van der Waals surface area contributed by atoms with Crippen LogP contribution in [0.25, 0.3) is 0 Å². The molecular weight excluding hydrogens is 316 g/mol. The average molecular weight is 342 g/mol. The maximum Gasteiger partial charge on any atom is 0.245 e. The molecule has 1 saturated heterocycles. The fourth-order valence-electron chi connectivity index (χ4n) is 3.87. The predicted octanol–water partition coefficient (Wildman–Crippen LogP) is 2.03. The number of benzene rings is 1. The minimum absolute atomic E-state index is 0.0520. The molecule has 1 saturated carbocycles. The van der Waals surface area contributed by atoms with Gasteiger partial charge in [0.1, 0.15) is 0 Å². The Morgan fingerprint density at radius 2 is 1.92 bits per heavy atom. The molecule has 0 radical (unpaired) electrons. The van der Waals surface area contributed by atoms with Gasteiger partial charge in [0.05, 0.1) is 17.6 Å². The Kier molecular flexibility index (Phi) is 5.23. The van der Waals surface area contributed by atoms with Crippen molar-refractivity contribution in [3.63, 3.8) is 0 Å². The van der Waals surface area contributed by atoms with Crippen molar-refractivity contribution in [2.24, 2.45) is 0 Å². The van der Waals surface area contributed by atoms with Crippen LogP contribution >= 0.6 is 0 Å². The Morgan fingerprint density at radius 3 is 2.44 bits per heavy atom. The van der Waals surface area contributed by atoms with Gasteiger partial charge in [0.2, 0.25) is 11.8 Å². The van der Waals surface area contributed by atoms with Gasteiger partial charge in [-0.05, 0) is 37.3 Å². The van der Waals surface area contributed by atoms with E-state index in [1.54, 1.807) is 12.0 Å². The number of rotatable bonds is 5. The van der Waals surface area contributed by atoms with Gasteiger partial charge in [-0.3, -0.25) is 9.59 Å². The predicted molar refractivity (Wildman–Crippen MR) is 96.1 cm³/mol. The first-order valence-corrected chi connectivity index (χ1v) is 8.91. The number of hydrogen-bond acceptors (Lipinski definition) is 3. The van der Waals surface area contributed by atoms with Gasteiger partial charge < -0.3 is 15.0 Å². The lowest BCUT2D eigenvalue weighted by Gasteiger charge is -2.43. The van der Waals surface area contributed by atoms with E-state index in [4.69, 9.17) is 4.74 Å². The van der Waals surface area contributed by atoms with E-state index in [2.05, 4.69) is 11.9 Å². The zero-order valence-corrected chi connectivity index (χ0v) is 14.7. The SMILES string of the molecule is C=CC(=O)N1CCC(C(=O)N[C@@H]2CC[C@H]2OC)(c2ccccc2)CC1. The van der Waals surface area contributed by atoms with Crippen molar-refractivity contribution >= 4 is 11.8 Å². The normalized spacial score (nSPS) is 24.9. The molecule has 25 heavy (non-hydrogen) atoms. The number of methoxy groups -OCH3 is 1. The van der Waals surface area contributed by atoms with Crippen LogP contribution in [0.5, 0.6) is 0 Å². The molecule has 5 heteroatoms. The van der Waals surface area contributed by atoms with Gasteiger partial charge in [0.15, 0.2) is 0 Å². The average Bonchev–Trinajstić information content (AvgIpc) is 2.65. The van der Waals surface area contributed by atoms with Crippen LogP contribution in [0.3, 0.4) is 0 Å². The maximum absolute atomic E-state index is 13.2. The number of ether oxygens (including phenoxy) is 1. The van der Waals surface area contributed by atoms with E-state index in [9.17, 15) is 9.59 Å². The number of carbonyl (C=O) groups is 2. The smallest absolute Gasteiger partial charge is 0.245 e. The van der Waals surface area contributed by atoms with E-state index in [1.807, 2.05) is 30.3 Å². The summed E-state index contributed by atoms with van der Waals surface area (Å²) in [6.45, 7) is 4.68. The summed E-state index contributed by atoms with van der Waals surface area (Å²) in [5, 5.41) is 3.20. The van der Waals surface area contributed by atoms with E-state index in [1.165, 1.54) is 6.08 Å². The van der Waals surface area contributed by atoms with Crippen LogP contribution in [0.2, 0.25) is 0 Å².